The largest absolute Gasteiger partial charge is 0.328 e. The van der Waals surface area contributed by atoms with Gasteiger partial charge in [-0.2, -0.15) is 5.26 Å². The third-order valence-corrected chi connectivity index (χ3v) is 3.21. The van der Waals surface area contributed by atoms with Crippen LogP contribution in [0.4, 0.5) is 4.39 Å². The molecular weight excluding hydrogens is 261 g/mol. The first-order valence-corrected chi connectivity index (χ1v) is 6.01. The second-order valence-corrected chi connectivity index (χ2v) is 4.44. The predicted octanol–water partition coefficient (Wildman–Crippen LogP) is 3.70. The number of halogens is 1. The zero-order valence-electron chi connectivity index (χ0n) is 9.72. The summed E-state index contributed by atoms with van der Waals surface area (Å²) in [7, 11) is 0. The smallest absolute Gasteiger partial charge is 0.182 e. The number of hydrogen-bond acceptors (Lipinski definition) is 2. The van der Waals surface area contributed by atoms with E-state index < -0.39 is 0 Å². The van der Waals surface area contributed by atoms with Gasteiger partial charge >= 0.3 is 0 Å². The Balaban J connectivity index is 2.30. The second kappa shape index (κ2) is 4.34. The topological polar surface area (TPSA) is 44.5 Å². The summed E-state index contributed by atoms with van der Waals surface area (Å²) >= 11 is 5.23. The molecule has 5 heteroatoms. The average Bonchev–Trinajstić information content (AvgIpc) is 2.77. The highest BCUT2D eigenvalue weighted by Gasteiger charge is 2.09. The highest BCUT2D eigenvalue weighted by Crippen LogP contribution is 2.21. The maximum Gasteiger partial charge on any atom is 0.182 e. The Morgan fingerprint density at radius 2 is 1.89 bits per heavy atom. The van der Waals surface area contributed by atoms with Crippen LogP contribution < -0.4 is 0 Å². The molecule has 0 aliphatic carbocycles. The number of H-pyrrole nitrogens is 1. The molecular formula is C14H8FN3S. The van der Waals surface area contributed by atoms with Crippen LogP contribution in [0, 0.1) is 21.9 Å². The molecule has 3 rings (SSSR count). The van der Waals surface area contributed by atoms with Gasteiger partial charge in [-0.05, 0) is 48.6 Å². The molecule has 0 spiro atoms. The van der Waals surface area contributed by atoms with E-state index in [4.69, 9.17) is 17.5 Å². The zero-order valence-corrected chi connectivity index (χ0v) is 10.5. The number of hydrogen-bond donors (Lipinski definition) is 1. The number of aromatic nitrogens is 2. The molecule has 3 aromatic rings. The number of fused-ring (bicyclic) bond motifs is 1. The molecule has 0 saturated carbocycles. The minimum Gasteiger partial charge on any atom is -0.328 e. The molecule has 0 bridgehead atoms. The van der Waals surface area contributed by atoms with Crippen LogP contribution in [-0.4, -0.2) is 9.55 Å². The van der Waals surface area contributed by atoms with Crippen molar-refractivity contribution < 1.29 is 4.39 Å². The lowest BCUT2D eigenvalue weighted by molar-refractivity contribution is 0.637. The fraction of sp³-hybridized carbons (Fsp3) is 0. The minimum absolute atomic E-state index is 0.337. The van der Waals surface area contributed by atoms with Crippen molar-refractivity contribution in [3.8, 4) is 11.8 Å². The fourth-order valence-electron chi connectivity index (χ4n) is 2.04. The molecule has 0 atom stereocenters. The van der Waals surface area contributed by atoms with Gasteiger partial charge in [0, 0.05) is 5.69 Å². The van der Waals surface area contributed by atoms with Crippen LogP contribution in [0.3, 0.4) is 0 Å². The van der Waals surface area contributed by atoms with Crippen molar-refractivity contribution >= 4 is 23.3 Å². The summed E-state index contributed by atoms with van der Waals surface area (Å²) < 4.78 is 15.8. The Morgan fingerprint density at radius 1 is 1.16 bits per heavy atom. The van der Waals surface area contributed by atoms with Gasteiger partial charge in [-0.15, -0.1) is 0 Å². The van der Waals surface area contributed by atoms with Crippen LogP contribution in [0.25, 0.3) is 16.7 Å². The standard InChI is InChI=1S/C14H8FN3S/c15-11-2-1-3-12-13(11)17-14(19)18(12)10-6-4-9(8-16)5-7-10/h1-7H,(H,17,19). The Morgan fingerprint density at radius 3 is 2.58 bits per heavy atom. The first-order valence-electron chi connectivity index (χ1n) is 5.60. The van der Waals surface area contributed by atoms with Crippen molar-refractivity contribution in [3.05, 3.63) is 58.6 Å². The second-order valence-electron chi connectivity index (χ2n) is 4.06. The van der Waals surface area contributed by atoms with Gasteiger partial charge in [-0.3, -0.25) is 4.57 Å². The summed E-state index contributed by atoms with van der Waals surface area (Å²) in [5.74, 6) is -0.337. The Labute approximate surface area is 113 Å². The molecule has 0 saturated heterocycles. The Hall–Kier alpha value is -2.45. The van der Waals surface area contributed by atoms with Gasteiger partial charge in [0.1, 0.15) is 11.3 Å². The summed E-state index contributed by atoms with van der Waals surface area (Å²) in [5, 5.41) is 8.79. The van der Waals surface area contributed by atoms with Crippen molar-refractivity contribution in [2.24, 2.45) is 0 Å². The highest BCUT2D eigenvalue weighted by atomic mass is 32.1. The summed E-state index contributed by atoms with van der Waals surface area (Å²) in [4.78, 5) is 2.86. The Kier molecular flexibility index (Phi) is 2.65. The molecule has 19 heavy (non-hydrogen) atoms. The lowest BCUT2D eigenvalue weighted by Crippen LogP contribution is -1.93. The van der Waals surface area contributed by atoms with Crippen molar-refractivity contribution in [3.63, 3.8) is 0 Å². The van der Waals surface area contributed by atoms with E-state index in [-0.39, 0.29) is 5.82 Å². The van der Waals surface area contributed by atoms with Gasteiger partial charge in [-0.25, -0.2) is 4.39 Å². The summed E-state index contributed by atoms with van der Waals surface area (Å²) in [6, 6.07) is 13.9. The normalized spacial score (nSPS) is 10.5. The molecule has 0 radical (unpaired) electrons. The monoisotopic (exact) mass is 269 g/mol. The van der Waals surface area contributed by atoms with Crippen LogP contribution >= 0.6 is 12.2 Å². The van der Waals surface area contributed by atoms with Crippen molar-refractivity contribution in [2.45, 2.75) is 0 Å². The fourth-order valence-corrected chi connectivity index (χ4v) is 2.34. The number of benzene rings is 2. The maximum atomic E-state index is 13.7. The molecule has 1 N–H and O–H groups in total. The van der Waals surface area contributed by atoms with Crippen LogP contribution in [0.15, 0.2) is 42.5 Å². The van der Waals surface area contributed by atoms with Crippen LogP contribution in [0.5, 0.6) is 0 Å². The van der Waals surface area contributed by atoms with Crippen LogP contribution in [0.1, 0.15) is 5.56 Å². The SMILES string of the molecule is N#Cc1ccc(-n2c(=S)[nH]c3c(F)cccc32)cc1. The number of imidazole rings is 1. The third-order valence-electron chi connectivity index (χ3n) is 2.92. The van der Waals surface area contributed by atoms with E-state index in [9.17, 15) is 4.39 Å². The average molecular weight is 269 g/mol. The predicted molar refractivity (Wildman–Crippen MR) is 73.1 cm³/mol. The van der Waals surface area contributed by atoms with Crippen molar-refractivity contribution in [1.82, 2.24) is 9.55 Å². The van der Waals surface area contributed by atoms with Crippen LogP contribution in [-0.2, 0) is 0 Å². The van der Waals surface area contributed by atoms with Crippen molar-refractivity contribution in [1.29, 1.82) is 5.26 Å². The first kappa shape index (κ1) is 11.6. The van der Waals surface area contributed by atoms with E-state index in [1.54, 1.807) is 41.0 Å². The summed E-state index contributed by atoms with van der Waals surface area (Å²) in [6.45, 7) is 0. The third kappa shape index (κ3) is 1.83. The van der Waals surface area contributed by atoms with E-state index in [0.717, 1.165) is 5.69 Å². The molecule has 1 aromatic heterocycles. The number of nitrogens with one attached hydrogen (secondary N) is 1. The number of aromatic amines is 1. The molecule has 3 nitrogen and oxygen atoms in total. The molecule has 92 valence electrons. The molecule has 0 unspecified atom stereocenters. The molecule has 2 aromatic carbocycles. The van der Waals surface area contributed by atoms with E-state index >= 15 is 0 Å². The molecule has 1 heterocycles. The van der Waals surface area contributed by atoms with Gasteiger partial charge in [0.05, 0.1) is 17.1 Å². The molecule has 0 fully saturated rings. The van der Waals surface area contributed by atoms with E-state index in [2.05, 4.69) is 11.1 Å². The van der Waals surface area contributed by atoms with Gasteiger partial charge in [0.25, 0.3) is 0 Å². The molecule has 0 amide bonds. The van der Waals surface area contributed by atoms with E-state index in [1.165, 1.54) is 6.07 Å². The lowest BCUT2D eigenvalue weighted by Gasteiger charge is -2.04. The molecule has 0 aliphatic rings. The first-order chi connectivity index (χ1) is 9.20. The number of nitrogens with zero attached hydrogens (tertiary/aromatic N) is 2. The van der Waals surface area contributed by atoms with Gasteiger partial charge in [-0.1, -0.05) is 6.07 Å². The van der Waals surface area contributed by atoms with Gasteiger partial charge in [0.2, 0.25) is 0 Å². The minimum atomic E-state index is -0.337. The molecule has 0 aliphatic heterocycles. The van der Waals surface area contributed by atoms with Gasteiger partial charge in [0.15, 0.2) is 4.77 Å². The van der Waals surface area contributed by atoms with Crippen molar-refractivity contribution in [2.75, 3.05) is 0 Å². The lowest BCUT2D eigenvalue weighted by atomic mass is 10.2. The van der Waals surface area contributed by atoms with Crippen LogP contribution in [0.2, 0.25) is 0 Å². The number of nitriles is 1. The zero-order chi connectivity index (χ0) is 13.4. The maximum absolute atomic E-state index is 13.7. The van der Waals surface area contributed by atoms with E-state index in [1.807, 2.05) is 0 Å². The Bertz CT molecular complexity index is 853. The quantitative estimate of drug-likeness (QED) is 0.685. The number of rotatable bonds is 1. The summed E-state index contributed by atoms with van der Waals surface area (Å²) in [6.07, 6.45) is 0. The number of para-hydroxylation sites is 1. The van der Waals surface area contributed by atoms with Gasteiger partial charge < -0.3 is 4.98 Å². The highest BCUT2D eigenvalue weighted by molar-refractivity contribution is 7.71. The van der Waals surface area contributed by atoms with E-state index in [0.29, 0.717) is 21.4 Å². The summed E-state index contributed by atoms with van der Waals surface area (Å²) in [5.41, 5.74) is 2.42.